The molecule has 1 heterocycles. The number of halogens is 1. The first-order valence-electron chi connectivity index (χ1n) is 7.82. The highest BCUT2D eigenvalue weighted by Crippen LogP contribution is 2.34. The van der Waals surface area contributed by atoms with Crippen LogP contribution < -0.4 is 4.74 Å². The molecule has 0 bridgehead atoms. The van der Waals surface area contributed by atoms with Crippen LogP contribution in [0.15, 0.2) is 63.5 Å². The second-order valence-corrected chi connectivity index (χ2v) is 6.43. The Bertz CT molecular complexity index is 1060. The molecule has 0 fully saturated rings. The van der Waals surface area contributed by atoms with Gasteiger partial charge in [-0.25, -0.2) is 0 Å². The molecular weight excluding hydrogens is 412 g/mol. The molecule has 0 radical (unpaired) electrons. The molecule has 0 aliphatic heterocycles. The third-order valence-electron chi connectivity index (χ3n) is 3.86. The molecule has 0 aliphatic carbocycles. The van der Waals surface area contributed by atoms with Crippen LogP contribution in [0.1, 0.15) is 11.3 Å². The molecule has 3 aromatic rings. The van der Waals surface area contributed by atoms with Crippen molar-refractivity contribution in [1.29, 1.82) is 5.26 Å². The van der Waals surface area contributed by atoms with Gasteiger partial charge in [-0.05, 0) is 48.0 Å². The van der Waals surface area contributed by atoms with Gasteiger partial charge in [-0.2, -0.15) is 5.26 Å². The largest absolute Gasteiger partial charge is 0.497 e. The van der Waals surface area contributed by atoms with Crippen molar-refractivity contribution in [3.8, 4) is 23.1 Å². The van der Waals surface area contributed by atoms with Gasteiger partial charge in [0.2, 0.25) is 0 Å². The second kappa shape index (κ2) is 7.89. The molecule has 0 saturated carbocycles. The molecule has 2 aromatic carbocycles. The second-order valence-electron chi connectivity index (χ2n) is 5.52. The fourth-order valence-electron chi connectivity index (χ4n) is 2.52. The van der Waals surface area contributed by atoms with E-state index in [0.717, 1.165) is 10.0 Å². The van der Waals surface area contributed by atoms with Gasteiger partial charge in [0.25, 0.3) is 5.69 Å². The van der Waals surface area contributed by atoms with Gasteiger partial charge in [0, 0.05) is 4.47 Å². The number of benzene rings is 2. The molecule has 0 unspecified atom stereocenters. The maximum atomic E-state index is 11.4. The summed E-state index contributed by atoms with van der Waals surface area (Å²) < 4.78 is 11.7. The fraction of sp³-hybridized carbons (Fsp3) is 0.0500. The lowest BCUT2D eigenvalue weighted by molar-refractivity contribution is -0.384. The predicted octanol–water partition coefficient (Wildman–Crippen LogP) is 5.69. The van der Waals surface area contributed by atoms with Gasteiger partial charge in [0.15, 0.2) is 0 Å². The van der Waals surface area contributed by atoms with Crippen LogP contribution in [0.25, 0.3) is 23.0 Å². The summed E-state index contributed by atoms with van der Waals surface area (Å²) in [6.07, 6.45) is 1.60. The third kappa shape index (κ3) is 4.07. The summed E-state index contributed by atoms with van der Waals surface area (Å²) in [4.78, 5) is 10.9. The molecular formula is C20H13BrN2O4. The third-order valence-corrected chi connectivity index (χ3v) is 4.38. The maximum Gasteiger partial charge on any atom is 0.284 e. The molecule has 7 heteroatoms. The maximum absolute atomic E-state index is 11.4. The number of allylic oxidation sites excluding steroid dienone is 1. The van der Waals surface area contributed by atoms with Gasteiger partial charge >= 0.3 is 0 Å². The SMILES string of the molecule is COc1ccc(-c2ccc(/C=C(/C#N)c3ccc(Br)cc3)o2)c([N+](=O)[O-])c1. The average molecular weight is 425 g/mol. The minimum absolute atomic E-state index is 0.118. The van der Waals surface area contributed by atoms with E-state index in [1.54, 1.807) is 30.3 Å². The van der Waals surface area contributed by atoms with Gasteiger partial charge in [-0.15, -0.1) is 0 Å². The zero-order valence-corrected chi connectivity index (χ0v) is 15.8. The molecule has 1 aromatic heterocycles. The Kier molecular flexibility index (Phi) is 5.38. The number of ether oxygens (including phenoxy) is 1. The van der Waals surface area contributed by atoms with Crippen molar-refractivity contribution < 1.29 is 14.1 Å². The summed E-state index contributed by atoms with van der Waals surface area (Å²) in [5.74, 6) is 1.15. The van der Waals surface area contributed by atoms with Crippen LogP contribution in [0.2, 0.25) is 0 Å². The van der Waals surface area contributed by atoms with E-state index in [-0.39, 0.29) is 5.69 Å². The first-order valence-corrected chi connectivity index (χ1v) is 8.61. The zero-order valence-electron chi connectivity index (χ0n) is 14.2. The van der Waals surface area contributed by atoms with Crippen molar-refractivity contribution >= 4 is 33.3 Å². The van der Waals surface area contributed by atoms with Gasteiger partial charge in [-0.3, -0.25) is 10.1 Å². The van der Waals surface area contributed by atoms with Crippen LogP contribution >= 0.6 is 15.9 Å². The number of rotatable bonds is 5. The Morgan fingerprint density at radius 3 is 2.59 bits per heavy atom. The molecule has 0 N–H and O–H groups in total. The molecule has 3 rings (SSSR count). The number of hydrogen-bond acceptors (Lipinski definition) is 5. The van der Waals surface area contributed by atoms with E-state index in [9.17, 15) is 15.4 Å². The van der Waals surface area contributed by atoms with Crippen LogP contribution in [-0.2, 0) is 0 Å². The van der Waals surface area contributed by atoms with Crippen molar-refractivity contribution in [2.45, 2.75) is 0 Å². The molecule has 0 spiro atoms. The minimum atomic E-state index is -0.488. The first kappa shape index (κ1) is 18.4. The normalized spacial score (nSPS) is 11.1. The lowest BCUT2D eigenvalue weighted by Crippen LogP contribution is -1.93. The first-order chi connectivity index (χ1) is 13.0. The number of nitro benzene ring substituents is 1. The summed E-state index contributed by atoms with van der Waals surface area (Å²) in [7, 11) is 1.44. The Labute approximate surface area is 163 Å². The Morgan fingerprint density at radius 1 is 1.22 bits per heavy atom. The van der Waals surface area contributed by atoms with E-state index in [0.29, 0.717) is 28.4 Å². The molecule has 134 valence electrons. The molecule has 6 nitrogen and oxygen atoms in total. The van der Waals surface area contributed by atoms with Crippen LogP contribution in [0, 0.1) is 21.4 Å². The monoisotopic (exact) mass is 424 g/mol. The topological polar surface area (TPSA) is 89.3 Å². The van der Waals surface area contributed by atoms with Crippen LogP contribution in [0.5, 0.6) is 5.75 Å². The number of nitro groups is 1. The van der Waals surface area contributed by atoms with E-state index in [2.05, 4.69) is 22.0 Å². The molecule has 27 heavy (non-hydrogen) atoms. The smallest absolute Gasteiger partial charge is 0.284 e. The van der Waals surface area contributed by atoms with E-state index in [4.69, 9.17) is 9.15 Å². The lowest BCUT2D eigenvalue weighted by Gasteiger charge is -2.03. The predicted molar refractivity (Wildman–Crippen MR) is 105 cm³/mol. The van der Waals surface area contributed by atoms with E-state index < -0.39 is 4.92 Å². The average Bonchev–Trinajstić information content (AvgIpc) is 3.14. The highest BCUT2D eigenvalue weighted by molar-refractivity contribution is 9.10. The van der Waals surface area contributed by atoms with Crippen molar-refractivity contribution in [2.75, 3.05) is 7.11 Å². The van der Waals surface area contributed by atoms with Gasteiger partial charge in [0.1, 0.15) is 17.3 Å². The van der Waals surface area contributed by atoms with E-state index in [1.807, 2.05) is 24.3 Å². The van der Waals surface area contributed by atoms with Crippen molar-refractivity contribution in [1.82, 2.24) is 0 Å². The Hall–Kier alpha value is -3.37. The van der Waals surface area contributed by atoms with E-state index >= 15 is 0 Å². The Morgan fingerprint density at radius 2 is 1.96 bits per heavy atom. The number of methoxy groups -OCH3 is 1. The highest BCUT2D eigenvalue weighted by Gasteiger charge is 2.19. The van der Waals surface area contributed by atoms with Crippen molar-refractivity contribution in [3.63, 3.8) is 0 Å². The number of nitriles is 1. The molecule has 0 aliphatic rings. The summed E-state index contributed by atoms with van der Waals surface area (Å²) >= 11 is 3.36. The number of furan rings is 1. The van der Waals surface area contributed by atoms with E-state index in [1.165, 1.54) is 13.2 Å². The summed E-state index contributed by atoms with van der Waals surface area (Å²) in [5.41, 5.74) is 1.39. The standard InChI is InChI=1S/C20H13BrN2O4/c1-26-16-6-8-18(19(11-16)23(24)25)20-9-7-17(27-20)10-14(12-22)13-2-4-15(21)5-3-13/h2-11H,1H3/b14-10-. The number of hydrogen-bond donors (Lipinski definition) is 0. The van der Waals surface area contributed by atoms with Crippen molar-refractivity contribution in [2.24, 2.45) is 0 Å². The number of nitrogens with zero attached hydrogens (tertiary/aromatic N) is 2. The van der Waals surface area contributed by atoms with Gasteiger partial charge < -0.3 is 9.15 Å². The Balaban J connectivity index is 1.99. The van der Waals surface area contributed by atoms with Crippen molar-refractivity contribution in [3.05, 3.63) is 80.5 Å². The zero-order chi connectivity index (χ0) is 19.4. The molecule has 0 amide bonds. The van der Waals surface area contributed by atoms with Gasteiger partial charge in [0.05, 0.1) is 35.3 Å². The van der Waals surface area contributed by atoms with Crippen LogP contribution in [-0.4, -0.2) is 12.0 Å². The minimum Gasteiger partial charge on any atom is -0.497 e. The summed E-state index contributed by atoms with van der Waals surface area (Å²) in [5, 5.41) is 20.8. The van der Waals surface area contributed by atoms with Crippen LogP contribution in [0.3, 0.4) is 0 Å². The van der Waals surface area contributed by atoms with Crippen LogP contribution in [0.4, 0.5) is 5.69 Å². The molecule has 0 saturated heterocycles. The quantitative estimate of drug-likeness (QED) is 0.298. The summed E-state index contributed by atoms with van der Waals surface area (Å²) in [6.45, 7) is 0. The van der Waals surface area contributed by atoms with Gasteiger partial charge in [-0.1, -0.05) is 28.1 Å². The fourth-order valence-corrected chi connectivity index (χ4v) is 2.79. The summed E-state index contributed by atoms with van der Waals surface area (Å²) in [6, 6.07) is 17.3. The lowest BCUT2D eigenvalue weighted by atomic mass is 10.1. The highest BCUT2D eigenvalue weighted by atomic mass is 79.9. The molecule has 0 atom stereocenters.